The van der Waals surface area contributed by atoms with Crippen molar-refractivity contribution < 1.29 is 9.18 Å². The summed E-state index contributed by atoms with van der Waals surface area (Å²) < 4.78 is 17.6. The highest BCUT2D eigenvalue weighted by Gasteiger charge is 2.18. The second-order valence-corrected chi connectivity index (χ2v) is 9.74. The fraction of sp³-hybridized carbons (Fsp3) is 0.261. The fourth-order valence-electron chi connectivity index (χ4n) is 3.79. The van der Waals surface area contributed by atoms with Gasteiger partial charge in [-0.05, 0) is 36.8 Å². The van der Waals surface area contributed by atoms with Crippen molar-refractivity contribution in [1.29, 1.82) is 0 Å². The molecule has 1 N–H and O–H groups in total. The first-order chi connectivity index (χ1) is 16.5. The number of aryl methyl sites for hydroxylation is 1. The van der Waals surface area contributed by atoms with Crippen LogP contribution in [0.15, 0.2) is 52.4 Å². The SMILES string of the molecule is CCCCCn1c(=O)c2ccccc2n2c(SCC(=O)Nc3nc4ccc(F)cc4s3)nnc12. The normalized spacial score (nSPS) is 11.6. The van der Waals surface area contributed by atoms with Crippen LogP contribution in [0.3, 0.4) is 0 Å². The summed E-state index contributed by atoms with van der Waals surface area (Å²) in [5.41, 5.74) is 1.24. The number of nitrogens with one attached hydrogen (secondary N) is 1. The van der Waals surface area contributed by atoms with Crippen molar-refractivity contribution in [3.63, 3.8) is 0 Å². The molecule has 34 heavy (non-hydrogen) atoms. The number of aromatic nitrogens is 5. The lowest BCUT2D eigenvalue weighted by Gasteiger charge is -2.11. The third kappa shape index (κ3) is 4.28. The summed E-state index contributed by atoms with van der Waals surface area (Å²) in [6.07, 6.45) is 2.93. The Morgan fingerprint density at radius 2 is 2.03 bits per heavy atom. The average Bonchev–Trinajstić information content (AvgIpc) is 3.43. The number of carbonyl (C=O) groups is 1. The Morgan fingerprint density at radius 1 is 1.18 bits per heavy atom. The molecule has 174 valence electrons. The molecule has 0 atom stereocenters. The number of nitrogens with zero attached hydrogens (tertiary/aromatic N) is 5. The van der Waals surface area contributed by atoms with Crippen LogP contribution < -0.4 is 10.9 Å². The first-order valence-electron chi connectivity index (χ1n) is 10.9. The Bertz CT molecular complexity index is 1570. The summed E-state index contributed by atoms with van der Waals surface area (Å²) >= 11 is 2.45. The highest BCUT2D eigenvalue weighted by molar-refractivity contribution is 7.99. The van der Waals surface area contributed by atoms with Crippen LogP contribution in [0.2, 0.25) is 0 Å². The van der Waals surface area contributed by atoms with Gasteiger partial charge in [0.15, 0.2) is 10.3 Å². The van der Waals surface area contributed by atoms with E-state index in [0.29, 0.717) is 43.7 Å². The van der Waals surface area contributed by atoms with Gasteiger partial charge in [-0.1, -0.05) is 55.0 Å². The number of anilines is 1. The molecule has 11 heteroatoms. The molecular weight excluding hydrogens is 475 g/mol. The van der Waals surface area contributed by atoms with E-state index in [1.165, 1.54) is 35.2 Å². The molecule has 5 aromatic rings. The number of amides is 1. The first kappa shape index (κ1) is 22.5. The van der Waals surface area contributed by atoms with E-state index >= 15 is 0 Å². The first-order valence-corrected chi connectivity index (χ1v) is 12.7. The Kier molecular flexibility index (Phi) is 6.29. The summed E-state index contributed by atoms with van der Waals surface area (Å²) in [5, 5.41) is 12.8. The predicted molar refractivity (Wildman–Crippen MR) is 133 cm³/mol. The number of benzene rings is 2. The van der Waals surface area contributed by atoms with Crippen LogP contribution in [0.5, 0.6) is 0 Å². The summed E-state index contributed by atoms with van der Waals surface area (Å²) in [7, 11) is 0. The monoisotopic (exact) mass is 496 g/mol. The van der Waals surface area contributed by atoms with E-state index in [4.69, 9.17) is 0 Å². The molecule has 0 bridgehead atoms. The van der Waals surface area contributed by atoms with E-state index in [1.807, 2.05) is 22.6 Å². The number of thiazole rings is 1. The fourth-order valence-corrected chi connectivity index (χ4v) is 5.43. The third-order valence-corrected chi connectivity index (χ3v) is 7.26. The van der Waals surface area contributed by atoms with Crippen molar-refractivity contribution in [2.75, 3.05) is 11.1 Å². The number of rotatable bonds is 8. The molecule has 3 aromatic heterocycles. The Balaban J connectivity index is 1.41. The molecule has 3 heterocycles. The van der Waals surface area contributed by atoms with E-state index < -0.39 is 0 Å². The summed E-state index contributed by atoms with van der Waals surface area (Å²) in [6, 6.07) is 11.7. The van der Waals surface area contributed by atoms with Gasteiger partial charge in [0.1, 0.15) is 5.82 Å². The highest BCUT2D eigenvalue weighted by Crippen LogP contribution is 2.27. The molecule has 0 fully saturated rings. The van der Waals surface area contributed by atoms with E-state index in [9.17, 15) is 14.0 Å². The van der Waals surface area contributed by atoms with Gasteiger partial charge in [0.25, 0.3) is 5.56 Å². The highest BCUT2D eigenvalue weighted by atomic mass is 32.2. The quantitative estimate of drug-likeness (QED) is 0.247. The number of fused-ring (bicyclic) bond motifs is 4. The van der Waals surface area contributed by atoms with Crippen molar-refractivity contribution in [1.82, 2.24) is 24.1 Å². The van der Waals surface area contributed by atoms with Crippen LogP contribution >= 0.6 is 23.1 Å². The zero-order valence-corrected chi connectivity index (χ0v) is 20.0. The van der Waals surface area contributed by atoms with Gasteiger partial charge < -0.3 is 5.32 Å². The van der Waals surface area contributed by atoms with Crippen LogP contribution in [-0.4, -0.2) is 35.8 Å². The minimum absolute atomic E-state index is 0.0777. The Hall–Kier alpha value is -3.31. The number of halogens is 1. The zero-order valence-electron chi connectivity index (χ0n) is 18.3. The lowest BCUT2D eigenvalue weighted by Crippen LogP contribution is -2.23. The molecule has 0 saturated carbocycles. The molecule has 0 aliphatic carbocycles. The van der Waals surface area contributed by atoms with Crippen LogP contribution in [0.1, 0.15) is 26.2 Å². The molecular formula is C23H21FN6O2S2. The Labute approximate surface area is 201 Å². The maximum atomic E-state index is 13.4. The van der Waals surface area contributed by atoms with Crippen LogP contribution in [0, 0.1) is 5.82 Å². The van der Waals surface area contributed by atoms with Gasteiger partial charge >= 0.3 is 0 Å². The number of hydrogen-bond acceptors (Lipinski definition) is 7. The van der Waals surface area contributed by atoms with Crippen LogP contribution in [-0.2, 0) is 11.3 Å². The molecule has 0 aliphatic heterocycles. The zero-order chi connectivity index (χ0) is 23.7. The molecule has 0 unspecified atom stereocenters. The second-order valence-electron chi connectivity index (χ2n) is 7.77. The largest absolute Gasteiger partial charge is 0.301 e. The van der Waals surface area contributed by atoms with E-state index in [0.717, 1.165) is 19.3 Å². The molecule has 1 amide bonds. The molecule has 5 rings (SSSR count). The average molecular weight is 497 g/mol. The molecule has 2 aromatic carbocycles. The van der Waals surface area contributed by atoms with Crippen molar-refractivity contribution in [2.45, 2.75) is 37.9 Å². The number of carbonyl (C=O) groups excluding carboxylic acids is 1. The summed E-state index contributed by atoms with van der Waals surface area (Å²) in [5.74, 6) is -0.0598. The number of unbranched alkanes of at least 4 members (excludes halogenated alkanes) is 2. The number of thioether (sulfide) groups is 1. The third-order valence-electron chi connectivity index (χ3n) is 5.39. The Morgan fingerprint density at radius 3 is 2.88 bits per heavy atom. The van der Waals surface area contributed by atoms with Crippen molar-refractivity contribution in [3.05, 3.63) is 58.6 Å². The van der Waals surface area contributed by atoms with Gasteiger partial charge in [0.2, 0.25) is 11.7 Å². The number of para-hydroxylation sites is 1. The molecule has 0 aliphatic rings. The maximum absolute atomic E-state index is 13.4. The molecule has 0 spiro atoms. The minimum Gasteiger partial charge on any atom is -0.301 e. The lowest BCUT2D eigenvalue weighted by molar-refractivity contribution is -0.113. The summed E-state index contributed by atoms with van der Waals surface area (Å²) in [6.45, 7) is 2.67. The van der Waals surface area contributed by atoms with E-state index in [-0.39, 0.29) is 23.0 Å². The van der Waals surface area contributed by atoms with Gasteiger partial charge in [-0.15, -0.1) is 10.2 Å². The van der Waals surface area contributed by atoms with Crippen molar-refractivity contribution >= 4 is 61.0 Å². The lowest BCUT2D eigenvalue weighted by atomic mass is 10.2. The minimum atomic E-state index is -0.344. The molecule has 8 nitrogen and oxygen atoms in total. The summed E-state index contributed by atoms with van der Waals surface area (Å²) in [4.78, 5) is 30.0. The molecule has 0 saturated heterocycles. The standard InChI is InChI=1S/C23H21FN6O2S2/c1-2-3-6-11-29-20(32)15-7-4-5-8-17(15)30-22(29)27-28-23(30)33-13-19(31)26-21-25-16-10-9-14(24)12-18(16)34-21/h4-5,7-10,12H,2-3,6,11,13H2,1H3,(H,25,26,31). The topological polar surface area (TPSA) is 94.2 Å². The predicted octanol–water partition coefficient (Wildman–Crippen LogP) is 4.71. The smallest absolute Gasteiger partial charge is 0.262 e. The van der Waals surface area contributed by atoms with Gasteiger partial charge in [-0.3, -0.25) is 18.6 Å². The van der Waals surface area contributed by atoms with E-state index in [2.05, 4.69) is 27.4 Å². The van der Waals surface area contributed by atoms with E-state index in [1.54, 1.807) is 16.7 Å². The maximum Gasteiger partial charge on any atom is 0.262 e. The number of hydrogen-bond donors (Lipinski definition) is 1. The van der Waals surface area contributed by atoms with Crippen LogP contribution in [0.4, 0.5) is 9.52 Å². The van der Waals surface area contributed by atoms with Gasteiger partial charge in [0, 0.05) is 6.54 Å². The van der Waals surface area contributed by atoms with Crippen molar-refractivity contribution in [3.8, 4) is 0 Å². The van der Waals surface area contributed by atoms with Gasteiger partial charge in [-0.2, -0.15) is 0 Å². The van der Waals surface area contributed by atoms with Gasteiger partial charge in [-0.25, -0.2) is 9.37 Å². The van der Waals surface area contributed by atoms with Crippen molar-refractivity contribution in [2.24, 2.45) is 0 Å². The molecule has 0 radical (unpaired) electrons. The van der Waals surface area contributed by atoms with Gasteiger partial charge in [0.05, 0.1) is 26.9 Å². The second kappa shape index (κ2) is 9.51. The van der Waals surface area contributed by atoms with Crippen LogP contribution in [0.25, 0.3) is 26.9 Å².